The molecule has 2 aromatic rings. The Balaban J connectivity index is 1.38. The highest BCUT2D eigenvalue weighted by Gasteiger charge is 2.27. The van der Waals surface area contributed by atoms with Crippen LogP contribution in [0.25, 0.3) is 0 Å². The molecule has 2 amide bonds. The van der Waals surface area contributed by atoms with Gasteiger partial charge in [-0.15, -0.1) is 0 Å². The lowest BCUT2D eigenvalue weighted by Crippen LogP contribution is -2.37. The van der Waals surface area contributed by atoms with E-state index in [4.69, 9.17) is 0 Å². The van der Waals surface area contributed by atoms with E-state index >= 15 is 0 Å². The summed E-state index contributed by atoms with van der Waals surface area (Å²) in [5, 5.41) is 0. The third-order valence-corrected chi connectivity index (χ3v) is 7.35. The van der Waals surface area contributed by atoms with E-state index in [1.165, 1.54) is 37.7 Å². The first kappa shape index (κ1) is 22.4. The van der Waals surface area contributed by atoms with E-state index in [1.54, 1.807) is 11.8 Å². The van der Waals surface area contributed by atoms with E-state index < -0.39 is 0 Å². The zero-order valence-corrected chi connectivity index (χ0v) is 19.6. The molecule has 1 saturated heterocycles. The number of benzene rings is 2. The van der Waals surface area contributed by atoms with Gasteiger partial charge in [0.15, 0.2) is 0 Å². The molecule has 0 spiro atoms. The summed E-state index contributed by atoms with van der Waals surface area (Å²) < 4.78 is 0. The number of hydrogen-bond donors (Lipinski definition) is 0. The van der Waals surface area contributed by atoms with E-state index in [-0.39, 0.29) is 17.9 Å². The fourth-order valence-corrected chi connectivity index (χ4v) is 5.08. The number of carbonyl (C=O) groups excluding carboxylic acids is 2. The van der Waals surface area contributed by atoms with Crippen molar-refractivity contribution in [3.63, 3.8) is 0 Å². The van der Waals surface area contributed by atoms with Gasteiger partial charge in [-0.05, 0) is 67.1 Å². The van der Waals surface area contributed by atoms with Gasteiger partial charge in [-0.3, -0.25) is 9.59 Å². The summed E-state index contributed by atoms with van der Waals surface area (Å²) in [6.07, 6.45) is 7.49. The summed E-state index contributed by atoms with van der Waals surface area (Å²) in [5.74, 6) is 0.773. The molecular formula is C27H35N3O2. The molecule has 1 unspecified atom stereocenters. The van der Waals surface area contributed by atoms with Crippen LogP contribution in [0.2, 0.25) is 0 Å². The van der Waals surface area contributed by atoms with Crippen LogP contribution in [0.5, 0.6) is 0 Å². The second-order valence-electron chi connectivity index (χ2n) is 9.36. The number of carbonyl (C=O) groups is 2. The van der Waals surface area contributed by atoms with Gasteiger partial charge in [-0.1, -0.05) is 31.4 Å². The van der Waals surface area contributed by atoms with Crippen molar-refractivity contribution in [2.45, 2.75) is 57.4 Å². The normalized spacial score (nSPS) is 19.1. The molecule has 0 N–H and O–H groups in total. The van der Waals surface area contributed by atoms with Crippen LogP contribution in [0.15, 0.2) is 48.5 Å². The number of anilines is 2. The van der Waals surface area contributed by atoms with Crippen LogP contribution in [-0.2, 0) is 4.79 Å². The molecule has 32 heavy (non-hydrogen) atoms. The van der Waals surface area contributed by atoms with Crippen molar-refractivity contribution in [2.75, 3.05) is 37.0 Å². The molecule has 0 aromatic heterocycles. The van der Waals surface area contributed by atoms with Gasteiger partial charge in [-0.25, -0.2) is 0 Å². The van der Waals surface area contributed by atoms with Crippen LogP contribution >= 0.6 is 0 Å². The lowest BCUT2D eigenvalue weighted by atomic mass is 9.84. The van der Waals surface area contributed by atoms with Crippen molar-refractivity contribution in [3.05, 3.63) is 59.7 Å². The zero-order valence-electron chi connectivity index (χ0n) is 19.6. The van der Waals surface area contributed by atoms with Crippen LogP contribution in [0, 0.1) is 0 Å². The molecule has 0 bridgehead atoms. The minimum Gasteiger partial charge on any atom is -0.369 e. The highest BCUT2D eigenvalue weighted by molar-refractivity contribution is 6.05. The van der Waals surface area contributed by atoms with E-state index in [0.29, 0.717) is 5.92 Å². The largest absolute Gasteiger partial charge is 0.369 e. The topological polar surface area (TPSA) is 43.9 Å². The Morgan fingerprint density at radius 3 is 2.16 bits per heavy atom. The average molecular weight is 434 g/mol. The average Bonchev–Trinajstić information content (AvgIpc) is 3.33. The molecule has 2 fully saturated rings. The summed E-state index contributed by atoms with van der Waals surface area (Å²) in [7, 11) is 3.71. The molecule has 4 rings (SSSR count). The highest BCUT2D eigenvalue weighted by Crippen LogP contribution is 2.33. The molecule has 1 aliphatic carbocycles. The Morgan fingerprint density at radius 2 is 1.53 bits per heavy atom. The number of hydrogen-bond acceptors (Lipinski definition) is 3. The minimum atomic E-state index is 0.0114. The molecule has 5 nitrogen and oxygen atoms in total. The Hall–Kier alpha value is -2.82. The van der Waals surface area contributed by atoms with Crippen molar-refractivity contribution in [1.29, 1.82) is 0 Å². The smallest absolute Gasteiger partial charge is 0.258 e. The van der Waals surface area contributed by atoms with Crippen molar-refractivity contribution in [2.24, 2.45) is 0 Å². The Kier molecular flexibility index (Phi) is 6.83. The van der Waals surface area contributed by atoms with Crippen molar-refractivity contribution in [3.8, 4) is 0 Å². The standard InChI is InChI=1S/C27H35N3O2/c1-20(31)28(2)26-17-18-30(19-26)25-15-13-24(14-16-25)29(3)27(32)23-11-9-22(10-12-23)21-7-5-4-6-8-21/h9-16,21,26H,4-8,17-19H2,1-3H3. The van der Waals surface area contributed by atoms with Gasteiger partial charge >= 0.3 is 0 Å². The maximum absolute atomic E-state index is 13.0. The summed E-state index contributed by atoms with van der Waals surface area (Å²) in [4.78, 5) is 30.5. The summed E-state index contributed by atoms with van der Waals surface area (Å²) >= 11 is 0. The Labute approximate surface area is 192 Å². The Morgan fingerprint density at radius 1 is 0.875 bits per heavy atom. The zero-order chi connectivity index (χ0) is 22.7. The number of likely N-dealkylation sites (N-methyl/N-ethyl adjacent to an activating group) is 1. The third kappa shape index (κ3) is 4.82. The molecule has 2 aromatic carbocycles. The van der Waals surface area contributed by atoms with Gasteiger partial charge in [0.05, 0.1) is 6.04 Å². The lowest BCUT2D eigenvalue weighted by Gasteiger charge is -2.25. The van der Waals surface area contributed by atoms with E-state index in [9.17, 15) is 9.59 Å². The quantitative estimate of drug-likeness (QED) is 0.661. The molecule has 1 saturated carbocycles. The van der Waals surface area contributed by atoms with Crippen LogP contribution in [0.4, 0.5) is 11.4 Å². The molecule has 2 aliphatic rings. The highest BCUT2D eigenvalue weighted by atomic mass is 16.2. The molecular weight excluding hydrogens is 398 g/mol. The van der Waals surface area contributed by atoms with E-state index in [0.717, 1.165) is 36.4 Å². The molecule has 170 valence electrons. The lowest BCUT2D eigenvalue weighted by molar-refractivity contribution is -0.129. The van der Waals surface area contributed by atoms with Crippen molar-refractivity contribution >= 4 is 23.2 Å². The monoisotopic (exact) mass is 433 g/mol. The van der Waals surface area contributed by atoms with Crippen LogP contribution in [-0.4, -0.2) is 49.9 Å². The predicted octanol–water partition coefficient (Wildman–Crippen LogP) is 5.07. The van der Waals surface area contributed by atoms with Gasteiger partial charge < -0.3 is 14.7 Å². The maximum Gasteiger partial charge on any atom is 0.258 e. The first-order chi connectivity index (χ1) is 15.4. The van der Waals surface area contributed by atoms with Crippen LogP contribution in [0.3, 0.4) is 0 Å². The van der Waals surface area contributed by atoms with Crippen molar-refractivity contribution in [1.82, 2.24) is 4.90 Å². The minimum absolute atomic E-state index is 0.0114. The van der Waals surface area contributed by atoms with Crippen LogP contribution in [0.1, 0.15) is 67.3 Å². The molecule has 5 heteroatoms. The summed E-state index contributed by atoms with van der Waals surface area (Å²) in [6.45, 7) is 3.40. The SMILES string of the molecule is CC(=O)N(C)C1CCN(c2ccc(N(C)C(=O)c3ccc(C4CCCCC4)cc3)cc2)C1. The fraction of sp³-hybridized carbons (Fsp3) is 0.481. The molecule has 1 heterocycles. The number of amides is 2. The number of rotatable bonds is 5. The summed E-state index contributed by atoms with van der Waals surface area (Å²) in [6, 6.07) is 16.7. The van der Waals surface area contributed by atoms with Gasteiger partial charge in [0, 0.05) is 51.0 Å². The predicted molar refractivity (Wildman–Crippen MR) is 131 cm³/mol. The first-order valence-corrected chi connectivity index (χ1v) is 11.9. The first-order valence-electron chi connectivity index (χ1n) is 11.9. The maximum atomic E-state index is 13.0. The van der Waals surface area contributed by atoms with E-state index in [2.05, 4.69) is 29.2 Å². The molecule has 1 atom stereocenters. The van der Waals surface area contributed by atoms with Gasteiger partial charge in [0.2, 0.25) is 5.91 Å². The summed E-state index contributed by atoms with van der Waals surface area (Å²) in [5.41, 5.74) is 4.11. The van der Waals surface area contributed by atoms with E-state index in [1.807, 2.05) is 43.3 Å². The Bertz CT molecular complexity index is 932. The van der Waals surface area contributed by atoms with Gasteiger partial charge in [-0.2, -0.15) is 0 Å². The van der Waals surface area contributed by atoms with Gasteiger partial charge in [0.1, 0.15) is 0 Å². The third-order valence-electron chi connectivity index (χ3n) is 7.35. The van der Waals surface area contributed by atoms with Crippen LogP contribution < -0.4 is 9.80 Å². The molecule has 1 aliphatic heterocycles. The number of nitrogens with zero attached hydrogens (tertiary/aromatic N) is 3. The second-order valence-corrected chi connectivity index (χ2v) is 9.36. The van der Waals surface area contributed by atoms with Gasteiger partial charge in [0.25, 0.3) is 5.91 Å². The fourth-order valence-electron chi connectivity index (χ4n) is 5.08. The van der Waals surface area contributed by atoms with Crippen molar-refractivity contribution < 1.29 is 9.59 Å². The second kappa shape index (κ2) is 9.76. The molecule has 0 radical (unpaired) electrons.